The van der Waals surface area contributed by atoms with Gasteiger partial charge in [0.25, 0.3) is 0 Å². The molecule has 4 fully saturated rings. The summed E-state index contributed by atoms with van der Waals surface area (Å²) in [6, 6.07) is -2.63. The molecular formula is C28H45N3O8. The third-order valence-electron chi connectivity index (χ3n) is 9.08. The molecule has 39 heavy (non-hydrogen) atoms. The van der Waals surface area contributed by atoms with E-state index in [0.29, 0.717) is 19.8 Å². The van der Waals surface area contributed by atoms with E-state index in [-0.39, 0.29) is 41.4 Å². The van der Waals surface area contributed by atoms with Gasteiger partial charge in [0.1, 0.15) is 17.7 Å². The Kier molecular flexibility index (Phi) is 8.52. The highest BCUT2D eigenvalue weighted by Crippen LogP contribution is 2.65. The van der Waals surface area contributed by atoms with Crippen LogP contribution in [0.5, 0.6) is 0 Å². The number of likely N-dealkylation sites (tertiary alicyclic amines) is 1. The van der Waals surface area contributed by atoms with Gasteiger partial charge in [0.2, 0.25) is 11.8 Å². The first-order valence-electron chi connectivity index (χ1n) is 14.3. The Labute approximate surface area is 230 Å². The van der Waals surface area contributed by atoms with Crippen molar-refractivity contribution < 1.29 is 38.9 Å². The van der Waals surface area contributed by atoms with Crippen LogP contribution in [-0.2, 0) is 23.9 Å². The molecule has 4 rings (SSSR count). The van der Waals surface area contributed by atoms with Crippen molar-refractivity contribution >= 4 is 23.9 Å². The highest BCUT2D eigenvalue weighted by Gasteiger charge is 2.69. The molecule has 2 unspecified atom stereocenters. The maximum atomic E-state index is 14.1. The van der Waals surface area contributed by atoms with E-state index >= 15 is 0 Å². The number of aliphatic carboxylic acids is 1. The first-order valence-corrected chi connectivity index (χ1v) is 14.3. The standard InChI is InChI=1S/C28H45N3O8/c1-27(2,3)39-26(37)30-20(16-9-7-6-8-10-16)24(34)31-12-17-19(28(17,4)5)21(31)23(33)29-18(22(32)25(35)36)11-15-13-38-14-15/h15-22,32H,6-14H2,1-5H3,(H,29,33)(H,30,37)(H,35,36)/t17?,18-,19+,20+,21+,22?/m1/s1. The fourth-order valence-corrected chi connectivity index (χ4v) is 6.76. The monoisotopic (exact) mass is 551 g/mol. The van der Waals surface area contributed by atoms with Crippen molar-refractivity contribution in [1.29, 1.82) is 0 Å². The molecule has 4 aliphatic rings. The minimum absolute atomic E-state index is 0.0458. The number of nitrogens with one attached hydrogen (secondary N) is 2. The molecule has 4 N–H and O–H groups in total. The molecule has 11 nitrogen and oxygen atoms in total. The van der Waals surface area contributed by atoms with Crippen LogP contribution in [0.4, 0.5) is 4.79 Å². The molecule has 2 aliphatic heterocycles. The smallest absolute Gasteiger partial charge is 0.408 e. The molecule has 11 heteroatoms. The van der Waals surface area contributed by atoms with Gasteiger partial charge in [0, 0.05) is 12.5 Å². The minimum atomic E-state index is -1.77. The van der Waals surface area contributed by atoms with Crippen LogP contribution in [0.1, 0.15) is 73.1 Å². The van der Waals surface area contributed by atoms with E-state index in [0.717, 1.165) is 32.1 Å². The van der Waals surface area contributed by atoms with Crippen molar-refractivity contribution in [2.24, 2.45) is 29.1 Å². The second-order valence-corrected chi connectivity index (χ2v) is 13.4. The van der Waals surface area contributed by atoms with Gasteiger partial charge in [-0.2, -0.15) is 0 Å². The quantitative estimate of drug-likeness (QED) is 0.339. The second-order valence-electron chi connectivity index (χ2n) is 13.4. The van der Waals surface area contributed by atoms with Crippen LogP contribution in [0, 0.1) is 29.1 Å². The fraction of sp³-hybridized carbons (Fsp3) is 0.857. The lowest BCUT2D eigenvalue weighted by Gasteiger charge is -2.38. The Hall–Kier alpha value is -2.40. The number of carbonyl (C=O) groups excluding carboxylic acids is 3. The molecule has 0 aromatic carbocycles. The van der Waals surface area contributed by atoms with Crippen LogP contribution >= 0.6 is 0 Å². The molecule has 2 heterocycles. The van der Waals surface area contributed by atoms with Gasteiger partial charge in [0.15, 0.2) is 6.10 Å². The van der Waals surface area contributed by atoms with Crippen LogP contribution in [0.3, 0.4) is 0 Å². The number of carbonyl (C=O) groups is 4. The number of ether oxygens (including phenoxy) is 2. The van der Waals surface area contributed by atoms with Crippen molar-refractivity contribution in [3.63, 3.8) is 0 Å². The first-order chi connectivity index (χ1) is 18.2. The van der Waals surface area contributed by atoms with Gasteiger partial charge in [-0.3, -0.25) is 9.59 Å². The van der Waals surface area contributed by atoms with Crippen LogP contribution < -0.4 is 10.6 Å². The summed E-state index contributed by atoms with van der Waals surface area (Å²) < 4.78 is 10.7. The summed E-state index contributed by atoms with van der Waals surface area (Å²) in [7, 11) is 0. The summed E-state index contributed by atoms with van der Waals surface area (Å²) >= 11 is 0. The normalized spacial score (nSPS) is 28.9. The summed E-state index contributed by atoms with van der Waals surface area (Å²) in [6.45, 7) is 10.7. The summed E-state index contributed by atoms with van der Waals surface area (Å²) in [5.74, 6) is -2.18. The molecule has 2 aliphatic carbocycles. The van der Waals surface area contributed by atoms with Crippen LogP contribution in [0.25, 0.3) is 0 Å². The number of hydrogen-bond acceptors (Lipinski definition) is 7. The number of alkyl carbamates (subject to hydrolysis) is 1. The fourth-order valence-electron chi connectivity index (χ4n) is 6.76. The predicted molar refractivity (Wildman–Crippen MR) is 140 cm³/mol. The minimum Gasteiger partial charge on any atom is -0.479 e. The van der Waals surface area contributed by atoms with Gasteiger partial charge in [-0.25, -0.2) is 9.59 Å². The third-order valence-corrected chi connectivity index (χ3v) is 9.08. The molecule has 2 saturated heterocycles. The molecule has 0 spiro atoms. The van der Waals surface area contributed by atoms with E-state index in [9.17, 15) is 29.4 Å². The third kappa shape index (κ3) is 6.51. The van der Waals surface area contributed by atoms with Gasteiger partial charge in [-0.05, 0) is 63.2 Å². The predicted octanol–water partition coefficient (Wildman–Crippen LogP) is 1.91. The molecule has 0 bridgehead atoms. The molecule has 2 saturated carbocycles. The number of carboxylic acid groups (broad SMARTS) is 1. The Morgan fingerprint density at radius 2 is 1.72 bits per heavy atom. The first kappa shape index (κ1) is 29.6. The molecule has 0 aromatic rings. The maximum Gasteiger partial charge on any atom is 0.408 e. The molecular weight excluding hydrogens is 506 g/mol. The SMILES string of the molecule is CC(C)(C)OC(=O)N[C@H](C(=O)N1CC2[C@@H]([C@H]1C(=O)N[C@H](CC1COC1)C(O)C(=O)O)C2(C)C)C1CCCCC1. The molecule has 0 aromatic heterocycles. The number of nitrogens with zero attached hydrogens (tertiary/aromatic N) is 1. The van der Waals surface area contributed by atoms with Crippen molar-refractivity contribution in [2.45, 2.75) is 103 Å². The lowest BCUT2D eigenvalue weighted by atomic mass is 9.83. The van der Waals surface area contributed by atoms with Gasteiger partial charge in [-0.1, -0.05) is 33.1 Å². The van der Waals surface area contributed by atoms with Crippen molar-refractivity contribution in [3.05, 3.63) is 0 Å². The topological polar surface area (TPSA) is 154 Å². The zero-order valence-corrected chi connectivity index (χ0v) is 23.8. The van der Waals surface area contributed by atoms with Gasteiger partial charge >= 0.3 is 12.1 Å². The average Bonchev–Trinajstić information content (AvgIpc) is 3.15. The van der Waals surface area contributed by atoms with E-state index < -0.39 is 47.8 Å². The Balaban J connectivity index is 1.55. The maximum absolute atomic E-state index is 14.1. The lowest BCUT2D eigenvalue weighted by Crippen LogP contribution is -2.60. The number of amides is 3. The van der Waals surface area contributed by atoms with E-state index in [1.54, 1.807) is 25.7 Å². The molecule has 6 atom stereocenters. The van der Waals surface area contributed by atoms with Crippen molar-refractivity contribution in [3.8, 4) is 0 Å². The highest BCUT2D eigenvalue weighted by molar-refractivity contribution is 5.93. The number of carboxylic acids is 1. The summed E-state index contributed by atoms with van der Waals surface area (Å²) in [4.78, 5) is 53.8. The molecule has 220 valence electrons. The van der Waals surface area contributed by atoms with Crippen LogP contribution in [0.2, 0.25) is 0 Å². The summed E-state index contributed by atoms with van der Waals surface area (Å²) in [6.07, 6.45) is 2.44. The van der Waals surface area contributed by atoms with Gasteiger partial charge < -0.3 is 35.2 Å². The van der Waals surface area contributed by atoms with Crippen molar-refractivity contribution in [2.75, 3.05) is 19.8 Å². The summed E-state index contributed by atoms with van der Waals surface area (Å²) in [5.41, 5.74) is -0.877. The largest absolute Gasteiger partial charge is 0.479 e. The van der Waals surface area contributed by atoms with Crippen LogP contribution in [-0.4, -0.2) is 88.6 Å². The Morgan fingerprint density at radius 3 is 2.26 bits per heavy atom. The Bertz CT molecular complexity index is 953. The lowest BCUT2D eigenvalue weighted by molar-refractivity contribution is -0.151. The zero-order valence-electron chi connectivity index (χ0n) is 23.8. The zero-order chi connectivity index (χ0) is 28.7. The number of aliphatic hydroxyl groups is 1. The Morgan fingerprint density at radius 1 is 1.08 bits per heavy atom. The number of piperidine rings is 1. The van der Waals surface area contributed by atoms with Crippen molar-refractivity contribution in [1.82, 2.24) is 15.5 Å². The highest BCUT2D eigenvalue weighted by atomic mass is 16.6. The number of hydrogen-bond donors (Lipinski definition) is 4. The molecule has 0 radical (unpaired) electrons. The summed E-state index contributed by atoms with van der Waals surface area (Å²) in [5, 5.41) is 25.4. The van der Waals surface area contributed by atoms with Crippen LogP contribution in [0.15, 0.2) is 0 Å². The van der Waals surface area contributed by atoms with Gasteiger partial charge in [0.05, 0.1) is 19.3 Å². The average molecular weight is 552 g/mol. The second kappa shape index (κ2) is 11.2. The number of rotatable bonds is 9. The van der Waals surface area contributed by atoms with E-state index in [4.69, 9.17) is 9.47 Å². The number of fused-ring (bicyclic) bond motifs is 1. The van der Waals surface area contributed by atoms with E-state index in [1.807, 2.05) is 0 Å². The molecule has 3 amide bonds. The van der Waals surface area contributed by atoms with Gasteiger partial charge in [-0.15, -0.1) is 0 Å². The van der Waals surface area contributed by atoms with E-state index in [2.05, 4.69) is 24.5 Å². The van der Waals surface area contributed by atoms with E-state index in [1.165, 1.54) is 0 Å². The number of aliphatic hydroxyl groups excluding tert-OH is 1.